The van der Waals surface area contributed by atoms with Gasteiger partial charge in [0.05, 0.1) is 18.0 Å². The van der Waals surface area contributed by atoms with Crippen molar-refractivity contribution in [2.75, 3.05) is 12.4 Å². The van der Waals surface area contributed by atoms with Crippen LogP contribution in [0.25, 0.3) is 0 Å². The number of carbonyl (C=O) groups is 2. The lowest BCUT2D eigenvalue weighted by atomic mass is 10.1. The molecule has 0 bridgehead atoms. The van der Waals surface area contributed by atoms with E-state index in [2.05, 4.69) is 5.32 Å². The summed E-state index contributed by atoms with van der Waals surface area (Å²) in [5.74, 6) is 1.12. The number of amides is 2. The number of hydrogen-bond donors (Lipinski definition) is 1. The molecule has 8 heteroatoms. The number of rotatable bonds is 5. The molecule has 7 nitrogen and oxygen atoms in total. The highest BCUT2D eigenvalue weighted by molar-refractivity contribution is 8.15. The number of anilines is 1. The van der Waals surface area contributed by atoms with Gasteiger partial charge in [0.15, 0.2) is 5.17 Å². The minimum Gasteiger partial charge on any atom is -0.497 e. The summed E-state index contributed by atoms with van der Waals surface area (Å²) in [4.78, 5) is 36.9. The van der Waals surface area contributed by atoms with Gasteiger partial charge in [-0.25, -0.2) is 9.89 Å². The van der Waals surface area contributed by atoms with E-state index in [9.17, 15) is 9.59 Å². The summed E-state index contributed by atoms with van der Waals surface area (Å²) in [6, 6.07) is 14.3. The number of benzene rings is 2. The Hall–Kier alpha value is -3.13. The molecule has 0 radical (unpaired) electrons. The number of aliphatic imine (C=N–C) groups is 2. The molecule has 0 spiro atoms. The first-order valence-electron chi connectivity index (χ1n) is 10.1. The fraction of sp³-hybridized carbons (Fsp3) is 0.304. The van der Waals surface area contributed by atoms with E-state index < -0.39 is 11.3 Å². The van der Waals surface area contributed by atoms with Crippen LogP contribution in [0.1, 0.15) is 26.3 Å². The Bertz CT molecular complexity index is 1080. The molecular weight excluding hydrogens is 412 g/mol. The topological polar surface area (TPSA) is 83.4 Å². The van der Waals surface area contributed by atoms with E-state index in [1.165, 1.54) is 11.8 Å². The second-order valence-electron chi connectivity index (χ2n) is 7.70. The van der Waals surface area contributed by atoms with Crippen LogP contribution in [0.4, 0.5) is 11.4 Å². The number of para-hydroxylation sites is 1. The Kier molecular flexibility index (Phi) is 5.82. The third-order valence-corrected chi connectivity index (χ3v) is 6.19. The van der Waals surface area contributed by atoms with Crippen molar-refractivity contribution in [1.29, 1.82) is 0 Å². The van der Waals surface area contributed by atoms with Crippen LogP contribution >= 0.6 is 11.8 Å². The maximum absolute atomic E-state index is 13.1. The minimum atomic E-state index is -0.474. The van der Waals surface area contributed by atoms with Crippen LogP contribution in [0.15, 0.2) is 58.5 Å². The number of hydrogen-bond acceptors (Lipinski definition) is 6. The number of ether oxygens (including phenoxy) is 1. The molecule has 160 valence electrons. The maximum Gasteiger partial charge on any atom is 0.259 e. The van der Waals surface area contributed by atoms with Crippen LogP contribution in [0.2, 0.25) is 0 Å². The molecular formula is C23H24N4O3S. The Balaban J connectivity index is 1.57. The molecule has 1 N–H and O–H groups in total. The number of nitrogens with zero attached hydrogens (tertiary/aromatic N) is 3. The lowest BCUT2D eigenvalue weighted by Crippen LogP contribution is -2.43. The monoisotopic (exact) mass is 436 g/mol. The van der Waals surface area contributed by atoms with E-state index >= 15 is 0 Å². The SMILES string of the molecule is COc1ccc(NC(=O)[C@@H](C)SC2=Nc3ccccc3C3=N[C@H](C(C)C)C(=O)N23)cc1. The van der Waals surface area contributed by atoms with Crippen molar-refractivity contribution in [2.45, 2.75) is 32.1 Å². The van der Waals surface area contributed by atoms with Gasteiger partial charge >= 0.3 is 0 Å². The molecule has 4 rings (SSSR count). The summed E-state index contributed by atoms with van der Waals surface area (Å²) >= 11 is 1.25. The first kappa shape index (κ1) is 21.1. The van der Waals surface area contributed by atoms with Gasteiger partial charge in [-0.05, 0) is 49.2 Å². The average molecular weight is 437 g/mol. The van der Waals surface area contributed by atoms with Crippen molar-refractivity contribution in [3.63, 3.8) is 0 Å². The van der Waals surface area contributed by atoms with Gasteiger partial charge in [0.1, 0.15) is 17.6 Å². The van der Waals surface area contributed by atoms with Gasteiger partial charge < -0.3 is 10.1 Å². The highest BCUT2D eigenvalue weighted by atomic mass is 32.2. The summed E-state index contributed by atoms with van der Waals surface area (Å²) in [7, 11) is 1.59. The number of thioether (sulfide) groups is 1. The van der Waals surface area contributed by atoms with E-state index in [0.29, 0.717) is 16.7 Å². The van der Waals surface area contributed by atoms with Gasteiger partial charge in [0, 0.05) is 11.3 Å². The number of fused-ring (bicyclic) bond motifs is 3. The van der Waals surface area contributed by atoms with Gasteiger partial charge in [-0.15, -0.1) is 0 Å². The van der Waals surface area contributed by atoms with Crippen LogP contribution in [-0.2, 0) is 9.59 Å². The van der Waals surface area contributed by atoms with E-state index in [1.807, 2.05) is 38.1 Å². The molecule has 2 aliphatic rings. The zero-order valence-corrected chi connectivity index (χ0v) is 18.6. The van der Waals surface area contributed by atoms with Crippen molar-refractivity contribution < 1.29 is 14.3 Å². The molecule has 2 aliphatic heterocycles. The van der Waals surface area contributed by atoms with Crippen molar-refractivity contribution in [3.05, 3.63) is 54.1 Å². The van der Waals surface area contributed by atoms with Crippen LogP contribution in [0.5, 0.6) is 5.75 Å². The van der Waals surface area contributed by atoms with Crippen molar-refractivity contribution in [1.82, 2.24) is 4.90 Å². The second-order valence-corrected chi connectivity index (χ2v) is 9.01. The second kappa shape index (κ2) is 8.55. The number of methoxy groups -OCH3 is 1. The molecule has 31 heavy (non-hydrogen) atoms. The predicted octanol–water partition coefficient (Wildman–Crippen LogP) is 4.07. The van der Waals surface area contributed by atoms with Crippen molar-refractivity contribution in [3.8, 4) is 5.75 Å². The lowest BCUT2D eigenvalue weighted by molar-refractivity contribution is -0.125. The predicted molar refractivity (Wildman–Crippen MR) is 124 cm³/mol. The molecule has 2 aromatic carbocycles. The Morgan fingerprint density at radius 2 is 1.84 bits per heavy atom. The highest BCUT2D eigenvalue weighted by Crippen LogP contribution is 2.35. The lowest BCUT2D eigenvalue weighted by Gasteiger charge is -2.27. The van der Waals surface area contributed by atoms with Crippen LogP contribution in [0.3, 0.4) is 0 Å². The smallest absolute Gasteiger partial charge is 0.259 e. The third-order valence-electron chi connectivity index (χ3n) is 5.14. The maximum atomic E-state index is 13.1. The summed E-state index contributed by atoms with van der Waals surface area (Å²) in [5, 5.41) is 2.90. The van der Waals surface area contributed by atoms with E-state index in [-0.39, 0.29) is 17.7 Å². The number of carbonyl (C=O) groups excluding carboxylic acids is 2. The average Bonchev–Trinajstić information content (AvgIpc) is 3.12. The third kappa shape index (κ3) is 4.07. The summed E-state index contributed by atoms with van der Waals surface area (Å²) in [5.41, 5.74) is 2.26. The quantitative estimate of drug-likeness (QED) is 0.766. The Labute approximate surface area is 185 Å². The standard InChI is InChI=1S/C23H24N4O3S/c1-13(2)19-22(29)27-20(26-19)17-7-5-6-8-18(17)25-23(27)31-14(3)21(28)24-15-9-11-16(30-4)12-10-15/h5-14,19H,1-4H3,(H,24,28)/t14-,19-/m1/s1. The van der Waals surface area contributed by atoms with Crippen molar-refractivity contribution in [2.24, 2.45) is 15.9 Å². The molecule has 0 saturated carbocycles. The van der Waals surface area contributed by atoms with Crippen LogP contribution in [-0.4, -0.2) is 46.1 Å². The van der Waals surface area contributed by atoms with Gasteiger partial charge in [0.2, 0.25) is 5.91 Å². The zero-order chi connectivity index (χ0) is 22.1. The first-order chi connectivity index (χ1) is 14.9. The van der Waals surface area contributed by atoms with E-state index in [1.54, 1.807) is 43.2 Å². The Morgan fingerprint density at radius 3 is 2.52 bits per heavy atom. The molecule has 2 heterocycles. The molecule has 0 aliphatic carbocycles. The minimum absolute atomic E-state index is 0.0693. The van der Waals surface area contributed by atoms with Crippen LogP contribution < -0.4 is 10.1 Å². The molecule has 0 unspecified atom stereocenters. The molecule has 0 fully saturated rings. The summed E-state index contributed by atoms with van der Waals surface area (Å²) in [6.45, 7) is 5.75. The van der Waals surface area contributed by atoms with E-state index in [0.717, 1.165) is 17.0 Å². The van der Waals surface area contributed by atoms with Gasteiger partial charge in [-0.2, -0.15) is 0 Å². The zero-order valence-electron chi connectivity index (χ0n) is 17.8. The van der Waals surface area contributed by atoms with Gasteiger partial charge in [-0.1, -0.05) is 37.7 Å². The summed E-state index contributed by atoms with van der Waals surface area (Å²) < 4.78 is 5.15. The highest BCUT2D eigenvalue weighted by Gasteiger charge is 2.43. The first-order valence-corrected chi connectivity index (χ1v) is 11.0. The number of nitrogens with one attached hydrogen (secondary N) is 1. The molecule has 2 aromatic rings. The van der Waals surface area contributed by atoms with Gasteiger partial charge in [-0.3, -0.25) is 14.6 Å². The molecule has 2 atom stereocenters. The molecule has 0 aromatic heterocycles. The number of amidine groups is 2. The van der Waals surface area contributed by atoms with Gasteiger partial charge in [0.25, 0.3) is 5.91 Å². The molecule has 0 saturated heterocycles. The fourth-order valence-electron chi connectivity index (χ4n) is 3.41. The molecule has 2 amide bonds. The summed E-state index contributed by atoms with van der Waals surface area (Å²) in [6.07, 6.45) is 0. The van der Waals surface area contributed by atoms with E-state index in [4.69, 9.17) is 14.7 Å². The fourth-order valence-corrected chi connectivity index (χ4v) is 4.33. The Morgan fingerprint density at radius 1 is 1.13 bits per heavy atom. The van der Waals surface area contributed by atoms with Crippen LogP contribution in [0, 0.1) is 5.92 Å². The normalized spacial score (nSPS) is 18.2. The largest absolute Gasteiger partial charge is 0.497 e. The van der Waals surface area contributed by atoms with Crippen molar-refractivity contribution >= 4 is 46.0 Å².